The van der Waals surface area contributed by atoms with Crippen molar-refractivity contribution in [3.05, 3.63) is 0 Å². The van der Waals surface area contributed by atoms with Gasteiger partial charge in [0.1, 0.15) is 0 Å². The first-order valence-corrected chi connectivity index (χ1v) is 7.72. The van der Waals surface area contributed by atoms with Crippen LogP contribution in [-0.4, -0.2) is 55.6 Å². The molecule has 1 heterocycles. The lowest BCUT2D eigenvalue weighted by Gasteiger charge is -2.38. The molecule has 1 aliphatic carbocycles. The van der Waals surface area contributed by atoms with Gasteiger partial charge in [-0.15, -0.1) is 0 Å². The predicted octanol–water partition coefficient (Wildman–Crippen LogP) is 1.78. The average molecular weight is 253 g/mol. The molecule has 0 amide bonds. The number of nitrogens with two attached hydrogens (primary N) is 1. The van der Waals surface area contributed by atoms with Gasteiger partial charge in [0.2, 0.25) is 0 Å². The Morgan fingerprint density at radius 1 is 1.28 bits per heavy atom. The van der Waals surface area contributed by atoms with Gasteiger partial charge in [-0.05, 0) is 45.2 Å². The zero-order valence-corrected chi connectivity index (χ0v) is 12.4. The van der Waals surface area contributed by atoms with Crippen LogP contribution in [0.5, 0.6) is 0 Å². The fourth-order valence-corrected chi connectivity index (χ4v) is 3.96. The smallest absolute Gasteiger partial charge is 0.0247 e. The largest absolute Gasteiger partial charge is 0.329 e. The predicted molar refractivity (Wildman–Crippen MR) is 77.6 cm³/mol. The molecule has 1 saturated heterocycles. The summed E-state index contributed by atoms with van der Waals surface area (Å²) in [5, 5.41) is 0. The van der Waals surface area contributed by atoms with Crippen LogP contribution >= 0.6 is 0 Å². The number of rotatable bonds is 4. The molecule has 18 heavy (non-hydrogen) atoms. The van der Waals surface area contributed by atoms with E-state index >= 15 is 0 Å². The molecule has 3 nitrogen and oxygen atoms in total. The van der Waals surface area contributed by atoms with Crippen molar-refractivity contribution in [2.45, 2.75) is 51.1 Å². The van der Waals surface area contributed by atoms with Crippen molar-refractivity contribution in [3.63, 3.8) is 0 Å². The van der Waals surface area contributed by atoms with Crippen LogP contribution in [0.4, 0.5) is 0 Å². The summed E-state index contributed by atoms with van der Waals surface area (Å²) in [4.78, 5) is 5.05. The van der Waals surface area contributed by atoms with E-state index in [1.165, 1.54) is 45.2 Å². The van der Waals surface area contributed by atoms with Gasteiger partial charge in [-0.2, -0.15) is 0 Å². The van der Waals surface area contributed by atoms with E-state index in [1.54, 1.807) is 0 Å². The van der Waals surface area contributed by atoms with Gasteiger partial charge in [-0.3, -0.25) is 4.90 Å². The van der Waals surface area contributed by atoms with Crippen LogP contribution in [0.2, 0.25) is 0 Å². The molecule has 0 spiro atoms. The summed E-state index contributed by atoms with van der Waals surface area (Å²) in [7, 11) is 4.41. The number of likely N-dealkylation sites (tertiary alicyclic amines) is 1. The summed E-state index contributed by atoms with van der Waals surface area (Å²) in [5.74, 6) is 1.75. The maximum atomic E-state index is 6.10. The van der Waals surface area contributed by atoms with Crippen LogP contribution in [0.1, 0.15) is 39.0 Å². The second-order valence-corrected chi connectivity index (χ2v) is 6.74. The van der Waals surface area contributed by atoms with E-state index in [0.717, 1.165) is 24.4 Å². The number of hydrogen-bond acceptors (Lipinski definition) is 3. The van der Waals surface area contributed by atoms with Crippen LogP contribution in [0.25, 0.3) is 0 Å². The molecule has 106 valence electrons. The lowest BCUT2D eigenvalue weighted by molar-refractivity contribution is 0.122. The van der Waals surface area contributed by atoms with E-state index < -0.39 is 0 Å². The van der Waals surface area contributed by atoms with Crippen molar-refractivity contribution >= 4 is 0 Å². The van der Waals surface area contributed by atoms with Crippen molar-refractivity contribution < 1.29 is 0 Å². The molecule has 2 N–H and O–H groups in total. The Balaban J connectivity index is 1.92. The molecule has 1 aliphatic heterocycles. The normalized spacial score (nSPS) is 36.2. The van der Waals surface area contributed by atoms with Gasteiger partial charge >= 0.3 is 0 Å². The van der Waals surface area contributed by atoms with Crippen LogP contribution in [-0.2, 0) is 0 Å². The minimum atomic E-state index is 0.637. The second kappa shape index (κ2) is 6.36. The highest BCUT2D eigenvalue weighted by molar-refractivity contribution is 4.90. The molecule has 0 radical (unpaired) electrons. The maximum absolute atomic E-state index is 6.10. The first-order chi connectivity index (χ1) is 8.61. The fourth-order valence-electron chi connectivity index (χ4n) is 3.96. The lowest BCUT2D eigenvalue weighted by atomic mass is 9.78. The van der Waals surface area contributed by atoms with Crippen molar-refractivity contribution in [2.75, 3.05) is 33.7 Å². The van der Waals surface area contributed by atoms with Crippen LogP contribution in [0, 0.1) is 11.8 Å². The Hall–Kier alpha value is -0.120. The van der Waals surface area contributed by atoms with E-state index in [0.29, 0.717) is 6.04 Å². The van der Waals surface area contributed by atoms with Gasteiger partial charge in [0.05, 0.1) is 0 Å². The highest BCUT2D eigenvalue weighted by atomic mass is 15.3. The molecular formula is C15H31N3. The van der Waals surface area contributed by atoms with Gasteiger partial charge in [0.25, 0.3) is 0 Å². The molecule has 4 unspecified atom stereocenters. The summed E-state index contributed by atoms with van der Waals surface area (Å²) in [6.45, 7) is 5.72. The molecule has 4 atom stereocenters. The number of nitrogens with zero attached hydrogens (tertiary/aromatic N) is 2. The molecule has 0 bridgehead atoms. The van der Waals surface area contributed by atoms with E-state index in [1.807, 2.05) is 0 Å². The summed E-state index contributed by atoms with van der Waals surface area (Å²) >= 11 is 0. The molecule has 0 aromatic heterocycles. The highest BCUT2D eigenvalue weighted by Crippen LogP contribution is 2.33. The van der Waals surface area contributed by atoms with Gasteiger partial charge < -0.3 is 10.6 Å². The standard InChI is InChI=1S/C15H31N3/c1-12-5-4-6-13(9-12)15(10-16)18-8-7-14(11-18)17(2)3/h12-15H,4-11,16H2,1-3H3. The molecule has 2 aliphatic rings. The minimum Gasteiger partial charge on any atom is -0.329 e. The Labute approximate surface area is 113 Å². The summed E-state index contributed by atoms with van der Waals surface area (Å²) in [6.07, 6.45) is 6.94. The lowest BCUT2D eigenvalue weighted by Crippen LogP contribution is -2.46. The first kappa shape index (κ1) is 14.3. The summed E-state index contributed by atoms with van der Waals surface area (Å²) < 4.78 is 0. The zero-order chi connectivity index (χ0) is 13.1. The Morgan fingerprint density at radius 2 is 2.06 bits per heavy atom. The van der Waals surface area contributed by atoms with Crippen LogP contribution < -0.4 is 5.73 Å². The molecular weight excluding hydrogens is 222 g/mol. The van der Waals surface area contributed by atoms with Gasteiger partial charge in [0.15, 0.2) is 0 Å². The summed E-state index contributed by atoms with van der Waals surface area (Å²) in [5.41, 5.74) is 6.10. The van der Waals surface area contributed by atoms with E-state index in [9.17, 15) is 0 Å². The van der Waals surface area contributed by atoms with Gasteiger partial charge in [-0.25, -0.2) is 0 Å². The number of likely N-dealkylation sites (N-methyl/N-ethyl adjacent to an activating group) is 1. The van der Waals surface area contributed by atoms with Crippen molar-refractivity contribution in [3.8, 4) is 0 Å². The van der Waals surface area contributed by atoms with E-state index in [2.05, 4.69) is 30.8 Å². The maximum Gasteiger partial charge on any atom is 0.0247 e. The first-order valence-electron chi connectivity index (χ1n) is 7.72. The number of hydrogen-bond donors (Lipinski definition) is 1. The highest BCUT2D eigenvalue weighted by Gasteiger charge is 2.34. The Morgan fingerprint density at radius 3 is 2.61 bits per heavy atom. The quantitative estimate of drug-likeness (QED) is 0.829. The Bertz CT molecular complexity index is 254. The molecule has 0 aromatic rings. The topological polar surface area (TPSA) is 32.5 Å². The van der Waals surface area contributed by atoms with Gasteiger partial charge in [-0.1, -0.05) is 19.8 Å². The fraction of sp³-hybridized carbons (Fsp3) is 1.00. The molecule has 0 aromatic carbocycles. The average Bonchev–Trinajstić information content (AvgIpc) is 2.80. The molecule has 2 rings (SSSR count). The molecule has 1 saturated carbocycles. The van der Waals surface area contributed by atoms with Crippen molar-refractivity contribution in [1.82, 2.24) is 9.80 Å². The zero-order valence-electron chi connectivity index (χ0n) is 12.4. The van der Waals surface area contributed by atoms with E-state index in [4.69, 9.17) is 5.73 Å². The molecule has 2 fully saturated rings. The van der Waals surface area contributed by atoms with Crippen LogP contribution in [0.3, 0.4) is 0 Å². The monoisotopic (exact) mass is 253 g/mol. The second-order valence-electron chi connectivity index (χ2n) is 6.74. The summed E-state index contributed by atoms with van der Waals surface area (Å²) in [6, 6.07) is 1.37. The van der Waals surface area contributed by atoms with Crippen LogP contribution in [0.15, 0.2) is 0 Å². The third-order valence-electron chi connectivity index (χ3n) is 5.16. The molecule has 3 heteroatoms. The third kappa shape index (κ3) is 3.25. The Kier molecular flexibility index (Phi) is 5.05. The van der Waals surface area contributed by atoms with Crippen molar-refractivity contribution in [1.29, 1.82) is 0 Å². The van der Waals surface area contributed by atoms with Gasteiger partial charge in [0, 0.05) is 31.7 Å². The SMILES string of the molecule is CC1CCCC(C(CN)N2CCC(N(C)C)C2)C1. The van der Waals surface area contributed by atoms with E-state index in [-0.39, 0.29) is 0 Å². The van der Waals surface area contributed by atoms with Crippen molar-refractivity contribution in [2.24, 2.45) is 17.6 Å². The minimum absolute atomic E-state index is 0.637. The third-order valence-corrected chi connectivity index (χ3v) is 5.16.